The summed E-state index contributed by atoms with van der Waals surface area (Å²) < 4.78 is 0. The molecule has 0 fully saturated rings. The van der Waals surface area contributed by atoms with E-state index in [0.717, 1.165) is 16.7 Å². The molecular weight excluding hydrogens is 280 g/mol. The molecule has 0 unspecified atom stereocenters. The van der Waals surface area contributed by atoms with Gasteiger partial charge in [-0.2, -0.15) is 0 Å². The third-order valence-corrected chi connectivity index (χ3v) is 3.40. The number of primary amides is 1. The summed E-state index contributed by atoms with van der Waals surface area (Å²) >= 11 is 0. The number of rotatable bonds is 2. The molecule has 2 amide bonds. The third-order valence-electron chi connectivity index (χ3n) is 3.40. The number of hydrogen-bond acceptors (Lipinski definition) is 3. The zero-order valence-electron chi connectivity index (χ0n) is 12.8. The lowest BCUT2D eigenvalue weighted by atomic mass is 10.0. The molecule has 0 atom stereocenters. The zero-order valence-corrected chi connectivity index (χ0v) is 12.8. The van der Waals surface area contributed by atoms with Crippen LogP contribution in [0.4, 0.5) is 11.4 Å². The average Bonchev–Trinajstić information content (AvgIpc) is 2.43. The normalized spacial score (nSPS) is 10.3. The minimum atomic E-state index is -1.08. The summed E-state index contributed by atoms with van der Waals surface area (Å²) in [4.78, 5) is 24.9. The molecule has 3 N–H and O–H groups in total. The molecule has 0 heterocycles. The number of carbonyl (C=O) groups excluding carboxylic acids is 2. The molecule has 0 aliphatic rings. The summed E-state index contributed by atoms with van der Waals surface area (Å²) in [6.07, 6.45) is 0. The summed E-state index contributed by atoms with van der Waals surface area (Å²) in [5, 5.41) is 10.1. The molecule has 0 aliphatic carbocycles. The van der Waals surface area contributed by atoms with E-state index in [2.05, 4.69) is 0 Å². The van der Waals surface area contributed by atoms with E-state index in [4.69, 9.17) is 5.73 Å². The molecule has 0 aliphatic heterocycles. The maximum Gasteiger partial charge on any atom is 0.320 e. The largest absolute Gasteiger partial charge is 0.506 e. The fourth-order valence-electron chi connectivity index (χ4n) is 2.62. The van der Waals surface area contributed by atoms with Crippen LogP contribution in [0, 0.1) is 20.8 Å². The van der Waals surface area contributed by atoms with Crippen LogP contribution >= 0.6 is 0 Å². The highest BCUT2D eigenvalue weighted by Crippen LogP contribution is 2.37. The minimum Gasteiger partial charge on any atom is -0.506 e. The Kier molecular flexibility index (Phi) is 4.17. The Morgan fingerprint density at radius 3 is 2.09 bits per heavy atom. The molecule has 5 nitrogen and oxygen atoms in total. The minimum absolute atomic E-state index is 0.100. The molecule has 0 radical (unpaired) electrons. The van der Waals surface area contributed by atoms with Gasteiger partial charge in [0.25, 0.3) is 0 Å². The molecule has 2 aromatic carbocycles. The van der Waals surface area contributed by atoms with Gasteiger partial charge in [-0.3, -0.25) is 14.5 Å². The van der Waals surface area contributed by atoms with E-state index >= 15 is 0 Å². The maximum atomic E-state index is 12.3. The Morgan fingerprint density at radius 2 is 1.59 bits per heavy atom. The maximum absolute atomic E-state index is 12.3. The number of anilines is 2. The molecule has 2 rings (SSSR count). The van der Waals surface area contributed by atoms with Crippen molar-refractivity contribution in [3.8, 4) is 5.75 Å². The van der Waals surface area contributed by atoms with Crippen molar-refractivity contribution >= 4 is 23.2 Å². The van der Waals surface area contributed by atoms with Gasteiger partial charge in [0, 0.05) is 0 Å². The second kappa shape index (κ2) is 5.89. The van der Waals surface area contributed by atoms with Crippen molar-refractivity contribution in [3.63, 3.8) is 0 Å². The number of para-hydroxylation sites is 2. The number of nitrogens with zero attached hydrogens (tertiary/aromatic N) is 1. The van der Waals surface area contributed by atoms with Crippen LogP contribution in [0.5, 0.6) is 5.75 Å². The number of aryl methyl sites for hydroxylation is 3. The molecule has 0 aromatic heterocycles. The van der Waals surface area contributed by atoms with Crippen molar-refractivity contribution in [1.29, 1.82) is 0 Å². The number of benzene rings is 2. The molecule has 0 spiro atoms. The molecule has 5 heteroatoms. The van der Waals surface area contributed by atoms with Gasteiger partial charge in [0.05, 0.1) is 11.4 Å². The van der Waals surface area contributed by atoms with Crippen molar-refractivity contribution in [1.82, 2.24) is 0 Å². The highest BCUT2D eigenvalue weighted by atomic mass is 16.3. The predicted octanol–water partition coefficient (Wildman–Crippen LogP) is 2.47. The van der Waals surface area contributed by atoms with E-state index in [0.29, 0.717) is 5.69 Å². The molecule has 114 valence electrons. The summed E-state index contributed by atoms with van der Waals surface area (Å²) in [5.74, 6) is -2.07. The van der Waals surface area contributed by atoms with Crippen LogP contribution in [-0.4, -0.2) is 16.9 Å². The molecule has 22 heavy (non-hydrogen) atoms. The van der Waals surface area contributed by atoms with Crippen LogP contribution in [0.25, 0.3) is 0 Å². The van der Waals surface area contributed by atoms with Crippen LogP contribution < -0.4 is 10.6 Å². The molecule has 0 bridgehead atoms. The van der Waals surface area contributed by atoms with Gasteiger partial charge in [-0.25, -0.2) is 0 Å². The highest BCUT2D eigenvalue weighted by molar-refractivity contribution is 6.41. The highest BCUT2D eigenvalue weighted by Gasteiger charge is 2.27. The van der Waals surface area contributed by atoms with Gasteiger partial charge in [0.2, 0.25) is 0 Å². The first-order chi connectivity index (χ1) is 10.3. The van der Waals surface area contributed by atoms with Crippen LogP contribution in [0.3, 0.4) is 0 Å². The van der Waals surface area contributed by atoms with Crippen molar-refractivity contribution in [3.05, 3.63) is 53.1 Å². The number of phenolic OH excluding ortho intramolecular Hbond substituents is 1. The fraction of sp³-hybridized carbons (Fsp3) is 0.176. The summed E-state index contributed by atoms with van der Waals surface area (Å²) in [5.41, 5.74) is 8.63. The Balaban J connectivity index is 2.74. The SMILES string of the molecule is Cc1cc(C)c(N(C(=O)C(N)=O)c2ccccc2O)c(C)c1. The van der Waals surface area contributed by atoms with E-state index in [1.807, 2.05) is 32.9 Å². The van der Waals surface area contributed by atoms with Crippen molar-refractivity contribution in [2.45, 2.75) is 20.8 Å². The summed E-state index contributed by atoms with van der Waals surface area (Å²) in [6.45, 7) is 5.64. The number of amides is 2. The zero-order chi connectivity index (χ0) is 16.4. The molecule has 0 saturated heterocycles. The van der Waals surface area contributed by atoms with E-state index in [9.17, 15) is 14.7 Å². The lowest BCUT2D eigenvalue weighted by Gasteiger charge is -2.26. The van der Waals surface area contributed by atoms with Gasteiger partial charge in [0.1, 0.15) is 5.75 Å². The third kappa shape index (κ3) is 2.79. The van der Waals surface area contributed by atoms with Crippen LogP contribution in [-0.2, 0) is 9.59 Å². The molecule has 0 saturated carbocycles. The monoisotopic (exact) mass is 298 g/mol. The van der Waals surface area contributed by atoms with Gasteiger partial charge in [0.15, 0.2) is 0 Å². The van der Waals surface area contributed by atoms with E-state index in [1.54, 1.807) is 18.2 Å². The van der Waals surface area contributed by atoms with Gasteiger partial charge < -0.3 is 10.8 Å². The molecular formula is C17H18N2O3. The first-order valence-electron chi connectivity index (χ1n) is 6.82. The Hall–Kier alpha value is -2.82. The van der Waals surface area contributed by atoms with Crippen LogP contribution in [0.2, 0.25) is 0 Å². The van der Waals surface area contributed by atoms with E-state index in [1.165, 1.54) is 11.0 Å². The van der Waals surface area contributed by atoms with Crippen molar-refractivity contribution in [2.75, 3.05) is 4.90 Å². The number of nitrogens with two attached hydrogens (primary N) is 1. The average molecular weight is 298 g/mol. The first-order valence-corrected chi connectivity index (χ1v) is 6.82. The van der Waals surface area contributed by atoms with Crippen molar-refractivity contribution in [2.24, 2.45) is 5.73 Å². The summed E-state index contributed by atoms with van der Waals surface area (Å²) in [6, 6.07) is 10.1. The van der Waals surface area contributed by atoms with Crippen molar-refractivity contribution < 1.29 is 14.7 Å². The van der Waals surface area contributed by atoms with E-state index in [-0.39, 0.29) is 11.4 Å². The van der Waals surface area contributed by atoms with Gasteiger partial charge in [-0.15, -0.1) is 0 Å². The van der Waals surface area contributed by atoms with Crippen LogP contribution in [0.15, 0.2) is 36.4 Å². The fourth-order valence-corrected chi connectivity index (χ4v) is 2.62. The smallest absolute Gasteiger partial charge is 0.320 e. The quantitative estimate of drug-likeness (QED) is 0.835. The number of carbonyl (C=O) groups is 2. The number of phenols is 1. The summed E-state index contributed by atoms with van der Waals surface area (Å²) in [7, 11) is 0. The van der Waals surface area contributed by atoms with E-state index < -0.39 is 11.8 Å². The predicted molar refractivity (Wildman–Crippen MR) is 85.1 cm³/mol. The van der Waals surface area contributed by atoms with Gasteiger partial charge >= 0.3 is 11.8 Å². The standard InChI is InChI=1S/C17H18N2O3/c1-10-8-11(2)15(12(3)9-10)19(17(22)16(18)21)13-6-4-5-7-14(13)20/h4-9,20H,1-3H3,(H2,18,21). The van der Waals surface area contributed by atoms with Gasteiger partial charge in [-0.1, -0.05) is 29.8 Å². The number of aromatic hydroxyl groups is 1. The Bertz CT molecular complexity index is 730. The topological polar surface area (TPSA) is 83.6 Å². The second-order valence-electron chi connectivity index (χ2n) is 5.24. The Morgan fingerprint density at radius 1 is 1.05 bits per heavy atom. The second-order valence-corrected chi connectivity index (χ2v) is 5.24. The number of hydrogen-bond donors (Lipinski definition) is 2. The van der Waals surface area contributed by atoms with Crippen LogP contribution in [0.1, 0.15) is 16.7 Å². The first kappa shape index (κ1) is 15.6. The Labute approximate surface area is 129 Å². The lowest BCUT2D eigenvalue weighted by molar-refractivity contribution is -0.135. The molecule has 2 aromatic rings. The lowest BCUT2D eigenvalue weighted by Crippen LogP contribution is -2.38. The van der Waals surface area contributed by atoms with Gasteiger partial charge in [-0.05, 0) is 44.0 Å².